The first-order valence-corrected chi connectivity index (χ1v) is 9.67. The zero-order valence-corrected chi connectivity index (χ0v) is 15.6. The molecule has 0 atom stereocenters. The molecule has 0 aliphatic carbocycles. The van der Waals surface area contributed by atoms with Crippen molar-refractivity contribution in [3.8, 4) is 11.1 Å². The van der Waals surface area contributed by atoms with Crippen LogP contribution in [-0.2, 0) is 0 Å². The van der Waals surface area contributed by atoms with E-state index < -0.39 is 0 Å². The molecule has 2 aromatic carbocycles. The second kappa shape index (κ2) is 6.56. The van der Waals surface area contributed by atoms with Crippen LogP contribution >= 0.6 is 11.8 Å². The van der Waals surface area contributed by atoms with Crippen LogP contribution in [0.4, 0.5) is 17.3 Å². The van der Waals surface area contributed by atoms with Crippen molar-refractivity contribution in [2.24, 2.45) is 0 Å². The van der Waals surface area contributed by atoms with Crippen molar-refractivity contribution in [3.63, 3.8) is 0 Å². The molecule has 0 saturated carbocycles. The third kappa shape index (κ3) is 2.78. The van der Waals surface area contributed by atoms with Gasteiger partial charge in [0.2, 0.25) is 0 Å². The lowest BCUT2D eigenvalue weighted by molar-refractivity contribution is 1.04. The van der Waals surface area contributed by atoms with Gasteiger partial charge in [-0.15, -0.1) is 0 Å². The molecule has 2 aromatic heterocycles. The fourth-order valence-electron chi connectivity index (χ4n) is 3.40. The van der Waals surface area contributed by atoms with Crippen LogP contribution in [0.1, 0.15) is 5.56 Å². The molecule has 3 nitrogen and oxygen atoms in total. The second-order valence-electron chi connectivity index (χ2n) is 6.47. The molecule has 0 N–H and O–H groups in total. The average Bonchev–Trinajstić information content (AvgIpc) is 2.73. The lowest BCUT2D eigenvalue weighted by atomic mass is 10.0. The molecule has 27 heavy (non-hydrogen) atoms. The van der Waals surface area contributed by atoms with Gasteiger partial charge in [0.25, 0.3) is 0 Å². The minimum absolute atomic E-state index is 0.926. The van der Waals surface area contributed by atoms with E-state index in [9.17, 15) is 0 Å². The van der Waals surface area contributed by atoms with Crippen molar-refractivity contribution >= 4 is 29.1 Å². The van der Waals surface area contributed by atoms with Crippen LogP contribution in [0.2, 0.25) is 0 Å². The highest BCUT2D eigenvalue weighted by atomic mass is 32.2. The molecule has 130 valence electrons. The number of aryl methyl sites for hydroxylation is 1. The summed E-state index contributed by atoms with van der Waals surface area (Å²) in [6.07, 6.45) is 3.69. The number of nitrogens with zero attached hydrogens (tertiary/aromatic N) is 3. The van der Waals surface area contributed by atoms with Crippen LogP contribution in [0.25, 0.3) is 11.1 Å². The highest BCUT2D eigenvalue weighted by Gasteiger charge is 2.28. The summed E-state index contributed by atoms with van der Waals surface area (Å²) in [4.78, 5) is 13.9. The zero-order valence-electron chi connectivity index (χ0n) is 14.8. The molecule has 5 rings (SSSR count). The van der Waals surface area contributed by atoms with Gasteiger partial charge < -0.3 is 0 Å². The number of aromatic nitrogens is 2. The molecule has 0 spiro atoms. The first kappa shape index (κ1) is 16.1. The Balaban J connectivity index is 1.79. The summed E-state index contributed by atoms with van der Waals surface area (Å²) in [5.41, 5.74) is 4.68. The number of pyridine rings is 2. The van der Waals surface area contributed by atoms with Gasteiger partial charge in [-0.2, -0.15) is 0 Å². The third-order valence-corrected chi connectivity index (χ3v) is 5.70. The van der Waals surface area contributed by atoms with Crippen molar-refractivity contribution in [2.45, 2.75) is 16.7 Å². The van der Waals surface area contributed by atoms with Crippen LogP contribution in [-0.4, -0.2) is 9.97 Å². The van der Waals surface area contributed by atoms with Crippen LogP contribution in [0.15, 0.2) is 95.0 Å². The predicted octanol–water partition coefficient (Wildman–Crippen LogP) is 6.39. The van der Waals surface area contributed by atoms with Gasteiger partial charge in [0, 0.05) is 18.0 Å². The molecule has 0 fully saturated rings. The van der Waals surface area contributed by atoms with Crippen LogP contribution < -0.4 is 4.90 Å². The highest BCUT2D eigenvalue weighted by molar-refractivity contribution is 7.99. The highest BCUT2D eigenvalue weighted by Crippen LogP contribution is 2.51. The largest absolute Gasteiger partial charge is 0.277 e. The van der Waals surface area contributed by atoms with Crippen LogP contribution in [0, 0.1) is 6.92 Å². The summed E-state index contributed by atoms with van der Waals surface area (Å²) < 4.78 is 0. The van der Waals surface area contributed by atoms with Crippen LogP contribution in [0.3, 0.4) is 0 Å². The molecule has 1 aliphatic rings. The lowest BCUT2D eigenvalue weighted by Crippen LogP contribution is -2.18. The first-order chi connectivity index (χ1) is 13.3. The van der Waals surface area contributed by atoms with Crippen molar-refractivity contribution in [1.82, 2.24) is 9.97 Å². The molecular weight excluding hydrogens is 350 g/mol. The fraction of sp³-hybridized carbons (Fsp3) is 0.0435. The Morgan fingerprint density at radius 1 is 0.741 bits per heavy atom. The first-order valence-electron chi connectivity index (χ1n) is 8.85. The summed E-state index contributed by atoms with van der Waals surface area (Å²) >= 11 is 1.72. The van der Waals surface area contributed by atoms with E-state index in [0.717, 1.165) is 27.1 Å². The van der Waals surface area contributed by atoms with E-state index in [0.29, 0.717) is 0 Å². The van der Waals surface area contributed by atoms with Gasteiger partial charge in [0.15, 0.2) is 11.6 Å². The van der Waals surface area contributed by atoms with E-state index in [-0.39, 0.29) is 0 Å². The van der Waals surface area contributed by atoms with Gasteiger partial charge in [0.1, 0.15) is 0 Å². The van der Waals surface area contributed by atoms with Crippen molar-refractivity contribution < 1.29 is 0 Å². The van der Waals surface area contributed by atoms with Crippen molar-refractivity contribution in [2.75, 3.05) is 4.90 Å². The number of benzene rings is 2. The Hall–Kier alpha value is -3.11. The minimum atomic E-state index is 0.926. The molecule has 4 heteroatoms. The quantitative estimate of drug-likeness (QED) is 0.362. The lowest BCUT2D eigenvalue weighted by Gasteiger charge is -2.31. The number of hydrogen-bond donors (Lipinski definition) is 0. The topological polar surface area (TPSA) is 29.0 Å². The van der Waals surface area contributed by atoms with Gasteiger partial charge in [-0.25, -0.2) is 9.97 Å². The molecular formula is C23H17N3S. The predicted molar refractivity (Wildman–Crippen MR) is 111 cm³/mol. The maximum absolute atomic E-state index is 4.70. The Kier molecular flexibility index (Phi) is 3.91. The van der Waals surface area contributed by atoms with E-state index in [2.05, 4.69) is 66.4 Å². The van der Waals surface area contributed by atoms with Gasteiger partial charge in [0.05, 0.1) is 15.5 Å². The van der Waals surface area contributed by atoms with Crippen molar-refractivity contribution in [1.29, 1.82) is 0 Å². The standard InChI is InChI=1S/C23H17N3S/c1-16-11-12-19(18(15-16)17-7-3-2-4-8-17)26-22-20(9-5-13-24-22)27-21-10-6-14-25-23(21)26/h2-15H,1H3. The maximum Gasteiger partial charge on any atom is 0.152 e. The van der Waals surface area contributed by atoms with Gasteiger partial charge in [-0.1, -0.05) is 53.7 Å². The molecule has 1 aliphatic heterocycles. The molecule has 0 unspecified atom stereocenters. The SMILES string of the molecule is Cc1ccc(N2c3ncccc3Sc3cccnc32)c(-c2ccccc2)c1. The summed E-state index contributed by atoms with van der Waals surface area (Å²) in [5.74, 6) is 1.85. The Morgan fingerprint density at radius 3 is 2.07 bits per heavy atom. The number of hydrogen-bond acceptors (Lipinski definition) is 4. The number of anilines is 3. The Labute approximate surface area is 162 Å². The Morgan fingerprint density at radius 2 is 1.41 bits per heavy atom. The summed E-state index contributed by atoms with van der Waals surface area (Å²) in [6.45, 7) is 2.13. The molecule has 0 amide bonds. The summed E-state index contributed by atoms with van der Waals surface area (Å²) in [6, 6.07) is 25.3. The normalized spacial score (nSPS) is 12.4. The fourth-order valence-corrected chi connectivity index (χ4v) is 4.40. The molecule has 0 saturated heterocycles. The number of rotatable bonds is 2. The van der Waals surface area contributed by atoms with E-state index in [1.807, 2.05) is 30.6 Å². The van der Waals surface area contributed by atoms with Crippen molar-refractivity contribution in [3.05, 3.63) is 90.8 Å². The van der Waals surface area contributed by atoms with Gasteiger partial charge >= 0.3 is 0 Å². The second-order valence-corrected chi connectivity index (χ2v) is 7.56. The molecule has 4 aromatic rings. The Bertz CT molecular complexity index is 1080. The van der Waals surface area contributed by atoms with Crippen LogP contribution in [0.5, 0.6) is 0 Å². The molecule has 3 heterocycles. The average molecular weight is 367 g/mol. The summed E-state index contributed by atoms with van der Waals surface area (Å²) in [7, 11) is 0. The van der Waals surface area contributed by atoms with Gasteiger partial charge in [-0.05, 0) is 48.9 Å². The summed E-state index contributed by atoms with van der Waals surface area (Å²) in [5, 5.41) is 0. The van der Waals surface area contributed by atoms with E-state index in [4.69, 9.17) is 9.97 Å². The number of fused-ring (bicyclic) bond motifs is 2. The smallest absolute Gasteiger partial charge is 0.152 e. The third-order valence-electron chi connectivity index (χ3n) is 4.62. The minimum Gasteiger partial charge on any atom is -0.277 e. The van der Waals surface area contributed by atoms with E-state index in [1.165, 1.54) is 16.7 Å². The molecule has 0 bridgehead atoms. The van der Waals surface area contributed by atoms with E-state index in [1.54, 1.807) is 11.8 Å². The van der Waals surface area contributed by atoms with Gasteiger partial charge in [-0.3, -0.25) is 4.90 Å². The monoisotopic (exact) mass is 367 g/mol. The molecule has 0 radical (unpaired) electrons. The zero-order chi connectivity index (χ0) is 18.2. The maximum atomic E-state index is 4.70. The van der Waals surface area contributed by atoms with E-state index >= 15 is 0 Å².